The molecule has 3 rings (SSSR count). The van der Waals surface area contributed by atoms with Gasteiger partial charge in [-0.3, -0.25) is 9.59 Å². The summed E-state index contributed by atoms with van der Waals surface area (Å²) in [7, 11) is 0. The van der Waals surface area contributed by atoms with Crippen molar-refractivity contribution in [2.75, 3.05) is 16.8 Å². The second-order valence-corrected chi connectivity index (χ2v) is 8.07. The van der Waals surface area contributed by atoms with Crippen LogP contribution in [-0.2, 0) is 16.1 Å². The second kappa shape index (κ2) is 10.1. The molecule has 2 amide bonds. The van der Waals surface area contributed by atoms with Crippen LogP contribution in [-0.4, -0.2) is 33.1 Å². The van der Waals surface area contributed by atoms with Crippen LogP contribution in [0.4, 0.5) is 5.69 Å². The van der Waals surface area contributed by atoms with Gasteiger partial charge in [-0.05, 0) is 45.0 Å². The van der Waals surface area contributed by atoms with Gasteiger partial charge in [0, 0.05) is 23.5 Å². The smallest absolute Gasteiger partial charge is 0.234 e. The Hall–Kier alpha value is -3.06. The van der Waals surface area contributed by atoms with Crippen molar-refractivity contribution in [1.82, 2.24) is 15.1 Å². The maximum Gasteiger partial charge on any atom is 0.234 e. The fourth-order valence-electron chi connectivity index (χ4n) is 3.06. The van der Waals surface area contributed by atoms with Gasteiger partial charge >= 0.3 is 0 Å². The number of carbonyl (C=O) groups excluding carboxylic acids is 2. The van der Waals surface area contributed by atoms with Crippen molar-refractivity contribution in [2.45, 2.75) is 27.3 Å². The molecular formula is C23H26N4O2S. The Labute approximate surface area is 181 Å². The summed E-state index contributed by atoms with van der Waals surface area (Å²) < 4.78 is 1.89. The first kappa shape index (κ1) is 21.6. The van der Waals surface area contributed by atoms with Gasteiger partial charge in [-0.1, -0.05) is 35.9 Å². The summed E-state index contributed by atoms with van der Waals surface area (Å²) in [5.41, 5.74) is 5.79. The molecule has 0 aliphatic rings. The third-order valence-electron chi connectivity index (χ3n) is 4.71. The molecule has 0 saturated carbocycles. The average molecular weight is 423 g/mol. The molecule has 1 heterocycles. The third kappa shape index (κ3) is 5.73. The molecule has 0 saturated heterocycles. The van der Waals surface area contributed by atoms with Gasteiger partial charge in [0.1, 0.15) is 0 Å². The van der Waals surface area contributed by atoms with Crippen molar-refractivity contribution in [3.05, 3.63) is 77.1 Å². The van der Waals surface area contributed by atoms with Gasteiger partial charge in [-0.2, -0.15) is 5.10 Å². The van der Waals surface area contributed by atoms with Crippen molar-refractivity contribution >= 4 is 29.3 Å². The number of hydrogen-bond acceptors (Lipinski definition) is 4. The maximum absolute atomic E-state index is 12.2. The maximum atomic E-state index is 12.2. The molecule has 0 fully saturated rings. The first-order valence-corrected chi connectivity index (χ1v) is 10.9. The summed E-state index contributed by atoms with van der Waals surface area (Å²) in [6.07, 6.45) is 0. The highest BCUT2D eigenvalue weighted by molar-refractivity contribution is 8.00. The Morgan fingerprint density at radius 2 is 1.60 bits per heavy atom. The average Bonchev–Trinajstić information content (AvgIpc) is 3.02. The molecule has 0 radical (unpaired) electrons. The molecule has 0 unspecified atom stereocenters. The molecule has 2 N–H and O–H groups in total. The Morgan fingerprint density at radius 1 is 0.933 bits per heavy atom. The van der Waals surface area contributed by atoms with Gasteiger partial charge in [0.15, 0.2) is 0 Å². The molecule has 0 spiro atoms. The van der Waals surface area contributed by atoms with E-state index in [-0.39, 0.29) is 23.3 Å². The van der Waals surface area contributed by atoms with E-state index in [0.29, 0.717) is 6.54 Å². The molecule has 156 valence electrons. The van der Waals surface area contributed by atoms with E-state index in [9.17, 15) is 9.59 Å². The van der Waals surface area contributed by atoms with Crippen LogP contribution >= 0.6 is 11.8 Å². The van der Waals surface area contributed by atoms with Gasteiger partial charge in [-0.25, -0.2) is 4.68 Å². The molecule has 2 aromatic carbocycles. The summed E-state index contributed by atoms with van der Waals surface area (Å²) >= 11 is 1.29. The zero-order chi connectivity index (χ0) is 21.5. The predicted molar refractivity (Wildman–Crippen MR) is 122 cm³/mol. The van der Waals surface area contributed by atoms with Crippen LogP contribution in [0, 0.1) is 20.8 Å². The number of anilines is 1. The third-order valence-corrected chi connectivity index (χ3v) is 5.64. The van der Waals surface area contributed by atoms with Crippen LogP contribution in [0.2, 0.25) is 0 Å². The van der Waals surface area contributed by atoms with Crippen LogP contribution in [0.3, 0.4) is 0 Å². The van der Waals surface area contributed by atoms with Crippen molar-refractivity contribution in [2.24, 2.45) is 0 Å². The Bertz CT molecular complexity index is 1010. The summed E-state index contributed by atoms with van der Waals surface area (Å²) in [6, 6.07) is 17.5. The van der Waals surface area contributed by atoms with Gasteiger partial charge in [0.05, 0.1) is 22.9 Å². The number of rotatable bonds is 8. The van der Waals surface area contributed by atoms with E-state index in [2.05, 4.69) is 15.7 Å². The molecule has 3 aromatic rings. The number of aromatic nitrogens is 2. The first-order valence-electron chi connectivity index (χ1n) is 9.75. The number of nitrogens with zero attached hydrogens (tertiary/aromatic N) is 2. The van der Waals surface area contributed by atoms with E-state index in [1.807, 2.05) is 80.1 Å². The molecular weight excluding hydrogens is 396 g/mol. The predicted octanol–water partition coefficient (Wildman–Crippen LogP) is 3.79. The molecule has 0 aliphatic carbocycles. The first-order chi connectivity index (χ1) is 14.4. The molecule has 7 heteroatoms. The highest BCUT2D eigenvalue weighted by atomic mass is 32.2. The van der Waals surface area contributed by atoms with Crippen LogP contribution in [0.15, 0.2) is 54.6 Å². The lowest BCUT2D eigenvalue weighted by Gasteiger charge is -2.08. The number of nitrogens with one attached hydrogen (secondary N) is 2. The summed E-state index contributed by atoms with van der Waals surface area (Å²) in [4.78, 5) is 24.2. The van der Waals surface area contributed by atoms with E-state index in [1.54, 1.807) is 0 Å². The van der Waals surface area contributed by atoms with Crippen molar-refractivity contribution < 1.29 is 9.59 Å². The molecule has 0 aliphatic heterocycles. The minimum absolute atomic E-state index is 0.102. The standard InChI is InChI=1S/C23H26N4O2S/c1-16-9-11-19(12-10-16)25-23(29)15-30-14-22(28)24-13-21-17(2)26-27(18(21)3)20-7-5-4-6-8-20/h4-12H,13-15H2,1-3H3,(H,24,28)(H,25,29). The highest BCUT2D eigenvalue weighted by Gasteiger charge is 2.14. The molecule has 0 atom stereocenters. The van der Waals surface area contributed by atoms with Gasteiger partial charge in [0.2, 0.25) is 11.8 Å². The number of carbonyl (C=O) groups is 2. The normalized spacial score (nSPS) is 10.6. The number of amides is 2. The zero-order valence-corrected chi connectivity index (χ0v) is 18.3. The molecule has 30 heavy (non-hydrogen) atoms. The second-order valence-electron chi connectivity index (χ2n) is 7.08. The fourth-order valence-corrected chi connectivity index (χ4v) is 3.71. The van der Waals surface area contributed by atoms with Gasteiger partial charge in [-0.15, -0.1) is 11.8 Å². The molecule has 1 aromatic heterocycles. The lowest BCUT2D eigenvalue weighted by atomic mass is 10.2. The summed E-state index contributed by atoms with van der Waals surface area (Å²) in [5.74, 6) is 0.235. The number of para-hydroxylation sites is 1. The van der Waals surface area contributed by atoms with E-state index < -0.39 is 0 Å². The Balaban J connectivity index is 1.45. The summed E-state index contributed by atoms with van der Waals surface area (Å²) in [5, 5.41) is 10.4. The monoisotopic (exact) mass is 422 g/mol. The fraction of sp³-hybridized carbons (Fsp3) is 0.261. The lowest BCUT2D eigenvalue weighted by molar-refractivity contribution is -0.118. The topological polar surface area (TPSA) is 76.0 Å². The van der Waals surface area contributed by atoms with E-state index in [4.69, 9.17) is 0 Å². The number of hydrogen-bond donors (Lipinski definition) is 2. The molecule has 6 nitrogen and oxygen atoms in total. The SMILES string of the molecule is Cc1ccc(NC(=O)CSCC(=O)NCc2c(C)nn(-c3ccccc3)c2C)cc1. The molecule has 0 bridgehead atoms. The summed E-state index contributed by atoms with van der Waals surface area (Å²) in [6.45, 7) is 6.35. The number of benzene rings is 2. The van der Waals surface area contributed by atoms with Crippen LogP contribution in [0.1, 0.15) is 22.5 Å². The minimum atomic E-state index is -0.118. The van der Waals surface area contributed by atoms with E-state index in [1.165, 1.54) is 11.8 Å². The van der Waals surface area contributed by atoms with Crippen LogP contribution < -0.4 is 10.6 Å². The van der Waals surface area contributed by atoms with Gasteiger partial charge < -0.3 is 10.6 Å². The lowest BCUT2D eigenvalue weighted by Crippen LogP contribution is -2.26. The van der Waals surface area contributed by atoms with Crippen LogP contribution in [0.25, 0.3) is 5.69 Å². The van der Waals surface area contributed by atoms with Crippen molar-refractivity contribution in [1.29, 1.82) is 0 Å². The van der Waals surface area contributed by atoms with Crippen molar-refractivity contribution in [3.63, 3.8) is 0 Å². The van der Waals surface area contributed by atoms with Crippen molar-refractivity contribution in [3.8, 4) is 5.69 Å². The van der Waals surface area contributed by atoms with Gasteiger partial charge in [0.25, 0.3) is 0 Å². The zero-order valence-electron chi connectivity index (χ0n) is 17.4. The van der Waals surface area contributed by atoms with E-state index >= 15 is 0 Å². The quantitative estimate of drug-likeness (QED) is 0.579. The largest absolute Gasteiger partial charge is 0.351 e. The number of aryl methyl sites for hydroxylation is 2. The Morgan fingerprint density at radius 3 is 2.30 bits per heavy atom. The Kier molecular flexibility index (Phi) is 7.30. The van der Waals surface area contributed by atoms with E-state index in [0.717, 1.165) is 33.9 Å². The van der Waals surface area contributed by atoms with Crippen LogP contribution in [0.5, 0.6) is 0 Å². The minimum Gasteiger partial charge on any atom is -0.351 e. The number of thioether (sulfide) groups is 1. The highest BCUT2D eigenvalue weighted by Crippen LogP contribution is 2.17.